The Labute approximate surface area is 277 Å². The summed E-state index contributed by atoms with van der Waals surface area (Å²) in [6.45, 7) is 7.62. The highest BCUT2D eigenvalue weighted by atomic mass is 16.5. The van der Waals surface area contributed by atoms with E-state index in [2.05, 4.69) is 16.0 Å². The van der Waals surface area contributed by atoms with Crippen LogP contribution in [0.3, 0.4) is 0 Å². The molecule has 3 aromatic carbocycles. The summed E-state index contributed by atoms with van der Waals surface area (Å²) in [5.74, 6) is -0.259. The van der Waals surface area contributed by atoms with E-state index in [0.717, 1.165) is 22.3 Å². The molecule has 0 radical (unpaired) electrons. The van der Waals surface area contributed by atoms with Gasteiger partial charge in [-0.2, -0.15) is 0 Å². The van der Waals surface area contributed by atoms with Gasteiger partial charge in [-0.05, 0) is 61.3 Å². The van der Waals surface area contributed by atoms with Gasteiger partial charge in [0.1, 0.15) is 18.0 Å². The van der Waals surface area contributed by atoms with Crippen LogP contribution in [0.25, 0.3) is 0 Å². The van der Waals surface area contributed by atoms with Crippen molar-refractivity contribution in [1.82, 2.24) is 20.9 Å². The van der Waals surface area contributed by atoms with Gasteiger partial charge in [0.05, 0.1) is 12.1 Å². The van der Waals surface area contributed by atoms with Crippen LogP contribution in [0, 0.1) is 19.8 Å². The Morgan fingerprint density at radius 2 is 1.51 bits per heavy atom. The Morgan fingerprint density at radius 1 is 0.915 bits per heavy atom. The fourth-order valence-corrected chi connectivity index (χ4v) is 6.13. The van der Waals surface area contributed by atoms with Gasteiger partial charge in [0.25, 0.3) is 5.91 Å². The molecular weight excluding hydrogens is 596 g/mol. The van der Waals surface area contributed by atoms with E-state index < -0.39 is 36.5 Å². The van der Waals surface area contributed by atoms with Crippen LogP contribution in [-0.4, -0.2) is 76.6 Å². The van der Waals surface area contributed by atoms with Crippen LogP contribution >= 0.6 is 0 Å². The van der Waals surface area contributed by atoms with Gasteiger partial charge >= 0.3 is 6.03 Å². The molecule has 0 spiro atoms. The van der Waals surface area contributed by atoms with Crippen molar-refractivity contribution in [3.63, 3.8) is 0 Å². The predicted molar refractivity (Wildman–Crippen MR) is 181 cm³/mol. The number of hydrogen-bond donors (Lipinski definition) is 5. The summed E-state index contributed by atoms with van der Waals surface area (Å²) in [5, 5.41) is 30.2. The number of ether oxygens (including phenoxy) is 1. The van der Waals surface area contributed by atoms with Crippen molar-refractivity contribution in [3.05, 3.63) is 101 Å². The minimum Gasteiger partial charge on any atom is -0.483 e. The molecule has 10 heteroatoms. The molecule has 252 valence electrons. The lowest BCUT2D eigenvalue weighted by atomic mass is 9.92. The molecule has 1 fully saturated rings. The van der Waals surface area contributed by atoms with Gasteiger partial charge in [0.2, 0.25) is 5.91 Å². The van der Waals surface area contributed by atoms with Gasteiger partial charge in [-0.1, -0.05) is 92.7 Å². The fraction of sp³-hybridized carbons (Fsp3) is 0.432. The van der Waals surface area contributed by atoms with Crippen molar-refractivity contribution in [2.45, 2.75) is 83.8 Å². The van der Waals surface area contributed by atoms with Crippen molar-refractivity contribution < 1.29 is 29.3 Å². The first-order valence-electron chi connectivity index (χ1n) is 16.3. The maximum atomic E-state index is 13.8. The predicted octanol–water partition coefficient (Wildman–Crippen LogP) is 3.65. The zero-order valence-electron chi connectivity index (χ0n) is 27.7. The van der Waals surface area contributed by atoms with E-state index in [-0.39, 0.29) is 37.3 Å². The average molecular weight is 645 g/mol. The second-order valence-corrected chi connectivity index (χ2v) is 12.7. The number of benzene rings is 3. The minimum atomic E-state index is -1.03. The molecule has 1 saturated heterocycles. The lowest BCUT2D eigenvalue weighted by molar-refractivity contribution is -0.129. The van der Waals surface area contributed by atoms with E-state index in [1.165, 1.54) is 4.90 Å². The molecule has 0 bridgehead atoms. The lowest BCUT2D eigenvalue weighted by Crippen LogP contribution is -2.61. The molecule has 1 aliphatic heterocycles. The lowest BCUT2D eigenvalue weighted by Gasteiger charge is -2.38. The first-order chi connectivity index (χ1) is 22.5. The van der Waals surface area contributed by atoms with Gasteiger partial charge < -0.3 is 35.8 Å². The highest BCUT2D eigenvalue weighted by Gasteiger charge is 2.37. The summed E-state index contributed by atoms with van der Waals surface area (Å²) in [5.41, 5.74) is 3.76. The highest BCUT2D eigenvalue weighted by Crippen LogP contribution is 2.22. The Kier molecular flexibility index (Phi) is 12.8. The van der Waals surface area contributed by atoms with Crippen molar-refractivity contribution in [2.24, 2.45) is 5.92 Å². The van der Waals surface area contributed by atoms with Crippen LogP contribution in [0.4, 0.5) is 4.79 Å². The Hall–Kier alpha value is -4.41. The van der Waals surface area contributed by atoms with Crippen LogP contribution in [-0.2, 0) is 22.4 Å². The maximum Gasteiger partial charge on any atom is 0.320 e. The van der Waals surface area contributed by atoms with E-state index in [4.69, 9.17) is 4.74 Å². The zero-order chi connectivity index (χ0) is 33.9. The smallest absolute Gasteiger partial charge is 0.320 e. The van der Waals surface area contributed by atoms with Gasteiger partial charge in [-0.15, -0.1) is 0 Å². The number of urea groups is 1. The van der Waals surface area contributed by atoms with Crippen molar-refractivity contribution in [1.29, 1.82) is 0 Å². The van der Waals surface area contributed by atoms with Crippen LogP contribution in [0.2, 0.25) is 0 Å². The molecule has 0 aromatic heterocycles. The summed E-state index contributed by atoms with van der Waals surface area (Å²) in [6.07, 6.45) is -0.721. The first kappa shape index (κ1) is 35.4. The summed E-state index contributed by atoms with van der Waals surface area (Å²) < 4.78 is 5.89. The number of aryl methyl sites for hydroxylation is 2. The van der Waals surface area contributed by atoms with E-state index in [1.54, 1.807) is 0 Å². The maximum absolute atomic E-state index is 13.8. The number of aliphatic hydroxyl groups is 2. The summed E-state index contributed by atoms with van der Waals surface area (Å²) in [7, 11) is 0. The quantitative estimate of drug-likeness (QED) is 0.171. The topological polar surface area (TPSA) is 140 Å². The molecule has 4 amide bonds. The standard InChI is InChI=1S/C37H48N4O6/c1-24(2)34(41-19-18-32(43)40-37(41)46)36(45)38-29(20-27-14-7-5-8-15-27)22-31(42)30(21-28-16-9-6-10-17-28)39-33(44)23-47-35-25(3)12-11-13-26(35)4/h5-17,24,29-32,34,42-43H,18-23H2,1-4H3,(H,38,45)(H,39,44)(H,40,46)/t29?,30?,31-,32?,34-/m0/s1. The number of rotatable bonds is 15. The van der Waals surface area contributed by atoms with Gasteiger partial charge in [0.15, 0.2) is 6.61 Å². The number of amides is 4. The number of nitrogens with one attached hydrogen (secondary N) is 3. The molecule has 5 atom stereocenters. The third kappa shape index (κ3) is 10.3. The van der Waals surface area contributed by atoms with Crippen LogP contribution in [0.5, 0.6) is 5.75 Å². The van der Waals surface area contributed by atoms with Crippen LogP contribution in [0.15, 0.2) is 78.9 Å². The van der Waals surface area contributed by atoms with E-state index in [1.807, 2.05) is 107 Å². The summed E-state index contributed by atoms with van der Waals surface area (Å²) >= 11 is 0. The van der Waals surface area contributed by atoms with Crippen molar-refractivity contribution >= 4 is 17.8 Å². The number of carbonyl (C=O) groups excluding carboxylic acids is 3. The van der Waals surface area contributed by atoms with Gasteiger partial charge in [0, 0.05) is 19.0 Å². The Balaban J connectivity index is 1.52. The second-order valence-electron chi connectivity index (χ2n) is 12.7. The first-order valence-corrected chi connectivity index (χ1v) is 16.3. The van der Waals surface area contributed by atoms with E-state index in [0.29, 0.717) is 25.0 Å². The summed E-state index contributed by atoms with van der Waals surface area (Å²) in [6, 6.07) is 22.6. The minimum absolute atomic E-state index is 0.145. The van der Waals surface area contributed by atoms with E-state index >= 15 is 0 Å². The summed E-state index contributed by atoms with van der Waals surface area (Å²) in [4.78, 5) is 41.3. The molecule has 0 saturated carbocycles. The zero-order valence-corrected chi connectivity index (χ0v) is 27.7. The third-order valence-electron chi connectivity index (χ3n) is 8.49. The molecule has 4 rings (SSSR count). The van der Waals surface area contributed by atoms with Gasteiger partial charge in [-0.25, -0.2) is 4.79 Å². The average Bonchev–Trinajstić information content (AvgIpc) is 3.02. The fourth-order valence-electron chi connectivity index (χ4n) is 6.13. The monoisotopic (exact) mass is 644 g/mol. The normalized spacial score (nSPS) is 17.3. The largest absolute Gasteiger partial charge is 0.483 e. The van der Waals surface area contributed by atoms with Crippen molar-refractivity contribution in [3.8, 4) is 5.75 Å². The number of para-hydroxylation sites is 1. The van der Waals surface area contributed by atoms with E-state index in [9.17, 15) is 24.6 Å². The number of hydrogen-bond acceptors (Lipinski definition) is 6. The molecule has 1 aliphatic rings. The van der Waals surface area contributed by atoms with Gasteiger partial charge in [-0.3, -0.25) is 9.59 Å². The molecule has 0 aliphatic carbocycles. The number of aliphatic hydroxyl groups excluding tert-OH is 2. The SMILES string of the molecule is Cc1cccc(C)c1OCC(=O)NC(Cc1ccccc1)[C@@H](O)CC(Cc1ccccc1)NC(=O)[C@H](C(C)C)N1CCC(O)NC1=O. The highest BCUT2D eigenvalue weighted by molar-refractivity contribution is 5.88. The number of carbonyl (C=O) groups is 3. The molecule has 47 heavy (non-hydrogen) atoms. The molecule has 1 heterocycles. The second kappa shape index (κ2) is 16.9. The molecule has 3 unspecified atom stereocenters. The Morgan fingerprint density at radius 3 is 2.09 bits per heavy atom. The molecular formula is C37H48N4O6. The van der Waals surface area contributed by atoms with Crippen LogP contribution in [0.1, 0.15) is 48.9 Å². The van der Waals surface area contributed by atoms with Crippen LogP contribution < -0.4 is 20.7 Å². The molecule has 5 N–H and O–H groups in total. The molecule has 10 nitrogen and oxygen atoms in total. The van der Waals surface area contributed by atoms with Crippen molar-refractivity contribution in [2.75, 3.05) is 13.2 Å². The molecule has 3 aromatic rings. The number of nitrogens with zero attached hydrogens (tertiary/aromatic N) is 1. The Bertz CT molecular complexity index is 1450. The third-order valence-corrected chi connectivity index (χ3v) is 8.49.